The lowest BCUT2D eigenvalue weighted by Gasteiger charge is -2.19. The van der Waals surface area contributed by atoms with Gasteiger partial charge < -0.3 is 30.8 Å². The van der Waals surface area contributed by atoms with Crippen LogP contribution < -0.4 is 16.0 Å². The number of imidazole rings is 1. The Morgan fingerprint density at radius 1 is 1.13 bits per heavy atom. The van der Waals surface area contributed by atoms with Gasteiger partial charge in [0.25, 0.3) is 11.8 Å². The van der Waals surface area contributed by atoms with Gasteiger partial charge in [-0.2, -0.15) is 0 Å². The summed E-state index contributed by atoms with van der Waals surface area (Å²) in [5.74, 6) is -1.10. The minimum absolute atomic E-state index is 0.00586. The average molecular weight is 417 g/mol. The summed E-state index contributed by atoms with van der Waals surface area (Å²) in [6.45, 7) is 7.21. The summed E-state index contributed by atoms with van der Waals surface area (Å²) in [6.07, 6.45) is 0.0229. The van der Waals surface area contributed by atoms with Crippen LogP contribution in [0.4, 0.5) is 10.5 Å². The molecule has 0 radical (unpaired) electrons. The quantitative estimate of drug-likeness (QED) is 0.464. The first-order valence-corrected chi connectivity index (χ1v) is 9.42. The monoisotopic (exact) mass is 417 g/mol. The Hall–Kier alpha value is -3.40. The Bertz CT molecular complexity index is 884. The second kappa shape index (κ2) is 9.88. The van der Waals surface area contributed by atoms with E-state index in [0.717, 1.165) is 5.56 Å². The van der Waals surface area contributed by atoms with Crippen LogP contribution in [0, 0.1) is 0 Å². The van der Waals surface area contributed by atoms with Gasteiger partial charge in [-0.25, -0.2) is 9.78 Å². The van der Waals surface area contributed by atoms with Gasteiger partial charge in [0.15, 0.2) is 5.69 Å². The van der Waals surface area contributed by atoms with Gasteiger partial charge in [-0.1, -0.05) is 12.1 Å². The second-order valence-corrected chi connectivity index (χ2v) is 7.69. The van der Waals surface area contributed by atoms with E-state index >= 15 is 0 Å². The Kier molecular flexibility index (Phi) is 7.54. The summed E-state index contributed by atoms with van der Waals surface area (Å²) < 4.78 is 5.17. The van der Waals surface area contributed by atoms with Crippen LogP contribution in [0.1, 0.15) is 54.2 Å². The predicted octanol–water partition coefficient (Wildman–Crippen LogP) is 1.80. The first-order valence-electron chi connectivity index (χ1n) is 9.42. The van der Waals surface area contributed by atoms with Crippen LogP contribution >= 0.6 is 0 Å². The number of hydrogen-bond acceptors (Lipinski definition) is 6. The first-order chi connectivity index (χ1) is 14.0. The maximum atomic E-state index is 12.5. The van der Waals surface area contributed by atoms with Gasteiger partial charge in [0.1, 0.15) is 11.3 Å². The third kappa shape index (κ3) is 7.21. The van der Waals surface area contributed by atoms with Crippen molar-refractivity contribution >= 4 is 23.6 Å². The van der Waals surface area contributed by atoms with Gasteiger partial charge >= 0.3 is 6.09 Å². The topological polar surface area (TPSA) is 145 Å². The molecule has 1 aromatic heterocycles. The van der Waals surface area contributed by atoms with E-state index < -0.39 is 29.6 Å². The van der Waals surface area contributed by atoms with Crippen molar-refractivity contribution in [3.63, 3.8) is 0 Å². The van der Waals surface area contributed by atoms with E-state index in [9.17, 15) is 19.5 Å². The number of aromatic amines is 1. The fourth-order valence-electron chi connectivity index (χ4n) is 2.35. The molecule has 0 spiro atoms. The van der Waals surface area contributed by atoms with Crippen LogP contribution in [0.15, 0.2) is 30.6 Å². The van der Waals surface area contributed by atoms with Crippen LogP contribution in [0.2, 0.25) is 0 Å². The van der Waals surface area contributed by atoms with Gasteiger partial charge in [0, 0.05) is 18.8 Å². The second-order valence-electron chi connectivity index (χ2n) is 7.69. The highest BCUT2D eigenvalue weighted by atomic mass is 16.6. The lowest BCUT2D eigenvalue weighted by Crippen LogP contribution is -2.32. The number of carbonyl (C=O) groups is 3. The molecular weight excluding hydrogens is 390 g/mol. The Morgan fingerprint density at radius 3 is 2.40 bits per heavy atom. The zero-order valence-electron chi connectivity index (χ0n) is 17.4. The van der Waals surface area contributed by atoms with Crippen LogP contribution in [-0.2, 0) is 11.3 Å². The fourth-order valence-corrected chi connectivity index (χ4v) is 2.35. The average Bonchev–Trinajstić information content (AvgIpc) is 3.14. The zero-order chi connectivity index (χ0) is 22.3. The molecule has 162 valence electrons. The molecule has 10 nitrogen and oxygen atoms in total. The number of alkyl carbamates (subject to hydrolysis) is 1. The maximum absolute atomic E-state index is 12.5. The molecule has 0 aliphatic carbocycles. The van der Waals surface area contributed by atoms with E-state index in [4.69, 9.17) is 4.74 Å². The van der Waals surface area contributed by atoms with Crippen LogP contribution in [0.5, 0.6) is 0 Å². The van der Waals surface area contributed by atoms with Crippen molar-refractivity contribution in [1.82, 2.24) is 20.6 Å². The van der Waals surface area contributed by atoms with Crippen LogP contribution in [0.25, 0.3) is 0 Å². The molecule has 0 unspecified atom stereocenters. The van der Waals surface area contributed by atoms with Gasteiger partial charge in [-0.15, -0.1) is 0 Å². The van der Waals surface area contributed by atoms with Crippen molar-refractivity contribution in [3.05, 3.63) is 47.5 Å². The molecule has 2 rings (SSSR count). The molecule has 0 bridgehead atoms. The van der Waals surface area contributed by atoms with Gasteiger partial charge in [-0.3, -0.25) is 9.59 Å². The normalized spacial score (nSPS) is 12.0. The van der Waals surface area contributed by atoms with E-state index in [1.165, 1.54) is 13.3 Å². The predicted molar refractivity (Wildman–Crippen MR) is 110 cm³/mol. The molecule has 0 saturated carbocycles. The Morgan fingerprint density at radius 2 is 1.80 bits per heavy atom. The molecule has 1 atom stereocenters. The third-order valence-electron chi connectivity index (χ3n) is 3.69. The van der Waals surface area contributed by atoms with Crippen molar-refractivity contribution < 1.29 is 24.2 Å². The van der Waals surface area contributed by atoms with E-state index in [0.29, 0.717) is 5.69 Å². The molecule has 30 heavy (non-hydrogen) atoms. The van der Waals surface area contributed by atoms with E-state index in [1.807, 2.05) is 0 Å². The summed E-state index contributed by atoms with van der Waals surface area (Å²) in [4.78, 5) is 42.8. The number of aromatic nitrogens is 2. The standard InChI is InChI=1S/C20H27N5O5/c1-12(26)9-21-17(27)15-16(24-11-23-15)18(28)25-14-7-5-13(6-8-14)10-22-19(29)30-20(2,3)4/h5-8,11-12,26H,9-10H2,1-4H3,(H,21,27)(H,22,29)(H,23,24)(H,25,28)/t12-/m0/s1. The number of anilines is 1. The Labute approximate surface area is 174 Å². The molecule has 2 aromatic rings. The summed E-state index contributed by atoms with van der Waals surface area (Å²) in [5, 5.41) is 17.1. The smallest absolute Gasteiger partial charge is 0.407 e. The number of benzene rings is 1. The number of hydrogen-bond donors (Lipinski definition) is 5. The number of amides is 3. The zero-order valence-corrected chi connectivity index (χ0v) is 17.4. The van der Waals surface area contributed by atoms with Gasteiger partial charge in [0.2, 0.25) is 0 Å². The minimum atomic E-state index is -0.711. The largest absolute Gasteiger partial charge is 0.444 e. The number of rotatable bonds is 7. The highest BCUT2D eigenvalue weighted by Crippen LogP contribution is 2.13. The van der Waals surface area contributed by atoms with Crippen molar-refractivity contribution in [2.75, 3.05) is 11.9 Å². The molecule has 1 heterocycles. The van der Waals surface area contributed by atoms with Crippen molar-refractivity contribution in [1.29, 1.82) is 0 Å². The van der Waals surface area contributed by atoms with Gasteiger partial charge in [0.05, 0.1) is 12.4 Å². The van der Waals surface area contributed by atoms with Crippen molar-refractivity contribution in [3.8, 4) is 0 Å². The summed E-state index contributed by atoms with van der Waals surface area (Å²) in [6, 6.07) is 6.83. The molecule has 1 aromatic carbocycles. The van der Waals surface area contributed by atoms with Crippen LogP contribution in [0.3, 0.4) is 0 Å². The molecule has 0 saturated heterocycles. The van der Waals surface area contributed by atoms with Crippen molar-refractivity contribution in [2.45, 2.75) is 45.9 Å². The lowest BCUT2D eigenvalue weighted by molar-refractivity contribution is 0.0523. The van der Waals surface area contributed by atoms with E-state index in [1.54, 1.807) is 45.0 Å². The fraction of sp³-hybridized carbons (Fsp3) is 0.400. The summed E-state index contributed by atoms with van der Waals surface area (Å²) in [5.41, 5.74) is 0.688. The molecule has 0 fully saturated rings. The molecule has 10 heteroatoms. The van der Waals surface area contributed by atoms with E-state index in [2.05, 4.69) is 25.9 Å². The maximum Gasteiger partial charge on any atom is 0.407 e. The van der Waals surface area contributed by atoms with E-state index in [-0.39, 0.29) is 24.5 Å². The van der Waals surface area contributed by atoms with Crippen molar-refractivity contribution in [2.24, 2.45) is 0 Å². The number of ether oxygens (including phenoxy) is 1. The summed E-state index contributed by atoms with van der Waals surface area (Å²) in [7, 11) is 0. The number of carbonyl (C=O) groups excluding carboxylic acids is 3. The summed E-state index contributed by atoms with van der Waals surface area (Å²) >= 11 is 0. The first kappa shape index (κ1) is 22.9. The lowest BCUT2D eigenvalue weighted by atomic mass is 10.2. The van der Waals surface area contributed by atoms with Gasteiger partial charge in [-0.05, 0) is 45.4 Å². The number of aliphatic hydroxyl groups is 1. The third-order valence-corrected chi connectivity index (χ3v) is 3.69. The SMILES string of the molecule is C[C@H](O)CNC(=O)c1[nH]cnc1C(=O)Nc1ccc(CNC(=O)OC(C)(C)C)cc1. The minimum Gasteiger partial charge on any atom is -0.444 e. The highest BCUT2D eigenvalue weighted by Gasteiger charge is 2.20. The number of H-pyrrole nitrogens is 1. The number of nitrogens with zero attached hydrogens (tertiary/aromatic N) is 1. The molecule has 3 amide bonds. The molecule has 5 N–H and O–H groups in total. The number of nitrogens with one attached hydrogen (secondary N) is 4. The molecule has 0 aliphatic rings. The molecule has 0 aliphatic heterocycles. The molecular formula is C20H27N5O5. The highest BCUT2D eigenvalue weighted by molar-refractivity contribution is 6.10. The number of aliphatic hydroxyl groups excluding tert-OH is 1. The van der Waals surface area contributed by atoms with Crippen LogP contribution in [-0.4, -0.2) is 51.2 Å². The Balaban J connectivity index is 1.93.